The first-order chi connectivity index (χ1) is 9.33. The van der Waals surface area contributed by atoms with E-state index in [4.69, 9.17) is 4.74 Å². The molecular weight excluding hydrogens is 252 g/mol. The fourth-order valence-corrected chi connectivity index (χ4v) is 3.84. The van der Waals surface area contributed by atoms with Gasteiger partial charge in [0.25, 0.3) is 0 Å². The van der Waals surface area contributed by atoms with Gasteiger partial charge in [0.05, 0.1) is 6.04 Å². The van der Waals surface area contributed by atoms with Gasteiger partial charge in [-0.2, -0.15) is 0 Å². The highest BCUT2D eigenvalue weighted by molar-refractivity contribution is 5.70. The molecule has 0 saturated carbocycles. The molecule has 3 fully saturated rings. The molecule has 0 aliphatic carbocycles. The van der Waals surface area contributed by atoms with E-state index in [1.54, 1.807) is 0 Å². The van der Waals surface area contributed by atoms with E-state index in [0.717, 1.165) is 13.1 Å². The zero-order valence-corrected chi connectivity index (χ0v) is 10.9. The van der Waals surface area contributed by atoms with Crippen LogP contribution in [0.15, 0.2) is 30.3 Å². The second-order valence-electron chi connectivity index (χ2n) is 5.75. The number of fused-ring (bicyclic) bond motifs is 4. The van der Waals surface area contributed by atoms with Crippen LogP contribution in [0.25, 0.3) is 0 Å². The number of carbonyl (C=O) groups is 1. The average Bonchev–Trinajstić information content (AvgIpc) is 2.93. The molecule has 108 valence electrons. The van der Waals surface area contributed by atoms with Crippen molar-refractivity contribution in [3.63, 3.8) is 0 Å². The van der Waals surface area contributed by atoms with Crippen LogP contribution < -0.4 is 0 Å². The van der Waals surface area contributed by atoms with Crippen molar-refractivity contribution >= 4 is 6.09 Å². The quantitative estimate of drug-likeness (QED) is 0.830. The van der Waals surface area contributed by atoms with Gasteiger partial charge in [-0.25, -0.2) is 4.79 Å². The summed E-state index contributed by atoms with van der Waals surface area (Å²) in [6.07, 6.45) is 2.29. The van der Waals surface area contributed by atoms with E-state index < -0.39 is 0 Å². The maximum Gasteiger partial charge on any atom is 0.410 e. The largest absolute Gasteiger partial charge is 0.447 e. The van der Waals surface area contributed by atoms with E-state index in [9.17, 15) is 4.79 Å². The zero-order valence-electron chi connectivity index (χ0n) is 10.9. The third-order valence-corrected chi connectivity index (χ3v) is 4.76. The number of amides is 1. The Morgan fingerprint density at radius 2 is 1.95 bits per heavy atom. The van der Waals surface area contributed by atoms with Gasteiger partial charge in [0.1, 0.15) is 6.61 Å². The van der Waals surface area contributed by atoms with Crippen molar-refractivity contribution < 1.29 is 9.53 Å². The van der Waals surface area contributed by atoms with Crippen LogP contribution in [0.4, 0.5) is 4.79 Å². The molecule has 2 bridgehead atoms. The van der Waals surface area contributed by atoms with Crippen molar-refractivity contribution in [2.24, 2.45) is 0 Å². The van der Waals surface area contributed by atoms with Crippen molar-refractivity contribution in [3.8, 4) is 0 Å². The Kier molecular flexibility index (Phi) is 3.42. The van der Waals surface area contributed by atoms with E-state index in [-0.39, 0.29) is 19.6 Å². The Morgan fingerprint density at radius 1 is 1.15 bits per heavy atom. The third kappa shape index (κ3) is 1.99. The Labute approximate surface area is 120 Å². The Morgan fingerprint density at radius 3 is 2.75 bits per heavy atom. The summed E-state index contributed by atoms with van der Waals surface area (Å²) in [7, 11) is 0. The van der Waals surface area contributed by atoms with Crippen LogP contribution >= 0.6 is 0 Å². The minimum Gasteiger partial charge on any atom is -0.447 e. The van der Waals surface area contributed by atoms with Gasteiger partial charge in [-0.1, -0.05) is 37.8 Å². The standard InChI is InChI=1S/C15H18N2O2.CH4/c18-15-17-9-12-6-7-13(14(17)10-19-15)16(12)8-11-4-2-1-3-5-11;/h1-5,12-14H,6-10H2;1H4/t12?,13-,14?;/m1./s1. The molecule has 4 heteroatoms. The first-order valence-electron chi connectivity index (χ1n) is 7.06. The van der Waals surface area contributed by atoms with E-state index in [2.05, 4.69) is 35.2 Å². The lowest BCUT2D eigenvalue weighted by Crippen LogP contribution is -2.58. The molecule has 0 N–H and O–H groups in total. The van der Waals surface area contributed by atoms with Crippen LogP contribution in [-0.4, -0.2) is 47.2 Å². The molecule has 2 unspecified atom stereocenters. The highest BCUT2D eigenvalue weighted by Crippen LogP contribution is 2.37. The second kappa shape index (κ2) is 5.09. The number of benzene rings is 1. The van der Waals surface area contributed by atoms with Crippen LogP contribution in [0.5, 0.6) is 0 Å². The third-order valence-electron chi connectivity index (χ3n) is 4.76. The summed E-state index contributed by atoms with van der Waals surface area (Å²) in [6, 6.07) is 11.9. The van der Waals surface area contributed by atoms with E-state index in [1.165, 1.54) is 18.4 Å². The fraction of sp³-hybridized carbons (Fsp3) is 0.562. The maximum atomic E-state index is 11.7. The molecule has 3 aliphatic rings. The Hall–Kier alpha value is -1.55. The van der Waals surface area contributed by atoms with Crippen molar-refractivity contribution in [2.45, 2.75) is 44.9 Å². The molecule has 4 rings (SSSR count). The monoisotopic (exact) mass is 274 g/mol. The SMILES string of the molecule is C.O=C1OCC2[C@H]3CCC(CN12)N3Cc1ccccc1. The highest BCUT2D eigenvalue weighted by Gasteiger charge is 2.51. The summed E-state index contributed by atoms with van der Waals surface area (Å²) in [5.74, 6) is 0. The number of hydrogen-bond donors (Lipinski definition) is 0. The van der Waals surface area contributed by atoms with Gasteiger partial charge < -0.3 is 4.74 Å². The van der Waals surface area contributed by atoms with Crippen LogP contribution in [0.2, 0.25) is 0 Å². The molecule has 1 amide bonds. The van der Waals surface area contributed by atoms with Gasteiger partial charge in [-0.15, -0.1) is 0 Å². The predicted octanol–water partition coefficient (Wildman–Crippen LogP) is 2.49. The molecule has 4 nitrogen and oxygen atoms in total. The summed E-state index contributed by atoms with van der Waals surface area (Å²) in [6.45, 7) is 2.41. The van der Waals surface area contributed by atoms with E-state index in [1.807, 2.05) is 4.90 Å². The normalized spacial score (nSPS) is 31.7. The van der Waals surface area contributed by atoms with Gasteiger partial charge in [-0.3, -0.25) is 9.80 Å². The molecule has 0 spiro atoms. The number of hydrogen-bond acceptors (Lipinski definition) is 3. The lowest BCUT2D eigenvalue weighted by molar-refractivity contribution is 0.0522. The number of piperazine rings is 1. The zero-order chi connectivity index (χ0) is 12.8. The first kappa shape index (κ1) is 13.4. The second-order valence-corrected chi connectivity index (χ2v) is 5.75. The molecule has 1 aromatic rings. The molecule has 3 saturated heterocycles. The predicted molar refractivity (Wildman–Crippen MR) is 77.4 cm³/mol. The smallest absolute Gasteiger partial charge is 0.410 e. The van der Waals surface area contributed by atoms with Gasteiger partial charge in [0.15, 0.2) is 0 Å². The summed E-state index contributed by atoms with van der Waals surface area (Å²) in [4.78, 5) is 16.2. The highest BCUT2D eigenvalue weighted by atomic mass is 16.6. The maximum absolute atomic E-state index is 11.7. The van der Waals surface area contributed by atoms with Crippen molar-refractivity contribution in [1.29, 1.82) is 0 Å². The van der Waals surface area contributed by atoms with E-state index >= 15 is 0 Å². The minimum absolute atomic E-state index is 0. The first-order valence-corrected chi connectivity index (χ1v) is 7.06. The number of carbonyl (C=O) groups excluding carboxylic acids is 1. The van der Waals surface area contributed by atoms with Gasteiger partial charge in [0.2, 0.25) is 0 Å². The van der Waals surface area contributed by atoms with Gasteiger partial charge in [-0.05, 0) is 18.4 Å². The van der Waals surface area contributed by atoms with Crippen molar-refractivity contribution in [3.05, 3.63) is 35.9 Å². The average molecular weight is 274 g/mol. The molecule has 3 aliphatic heterocycles. The van der Waals surface area contributed by atoms with Crippen LogP contribution in [0.3, 0.4) is 0 Å². The summed E-state index contributed by atoms with van der Waals surface area (Å²) < 4.78 is 5.21. The molecule has 3 atom stereocenters. The lowest BCUT2D eigenvalue weighted by atomic mass is 10.0. The molecule has 0 aromatic heterocycles. The lowest BCUT2D eigenvalue weighted by Gasteiger charge is -2.42. The molecular formula is C16H22N2O2. The van der Waals surface area contributed by atoms with Gasteiger partial charge >= 0.3 is 6.09 Å². The van der Waals surface area contributed by atoms with Crippen LogP contribution in [0.1, 0.15) is 25.8 Å². The minimum atomic E-state index is -0.110. The number of cyclic esters (lactones) is 1. The topological polar surface area (TPSA) is 32.8 Å². The summed E-state index contributed by atoms with van der Waals surface area (Å²) in [5, 5.41) is 0. The number of rotatable bonds is 2. The fourth-order valence-electron chi connectivity index (χ4n) is 3.84. The summed E-state index contributed by atoms with van der Waals surface area (Å²) >= 11 is 0. The van der Waals surface area contributed by atoms with Crippen molar-refractivity contribution in [1.82, 2.24) is 9.80 Å². The van der Waals surface area contributed by atoms with Crippen LogP contribution in [-0.2, 0) is 11.3 Å². The molecule has 3 heterocycles. The number of ether oxygens (including phenoxy) is 1. The number of nitrogens with zero attached hydrogens (tertiary/aromatic N) is 2. The Bertz CT molecular complexity index is 491. The van der Waals surface area contributed by atoms with Gasteiger partial charge in [0, 0.05) is 25.2 Å². The Balaban J connectivity index is 0.00000121. The molecule has 20 heavy (non-hydrogen) atoms. The summed E-state index contributed by atoms with van der Waals surface area (Å²) in [5.41, 5.74) is 1.36. The molecule has 1 aromatic carbocycles. The van der Waals surface area contributed by atoms with Crippen LogP contribution in [0, 0.1) is 0 Å². The van der Waals surface area contributed by atoms with E-state index in [0.29, 0.717) is 18.7 Å². The van der Waals surface area contributed by atoms with Crippen molar-refractivity contribution in [2.75, 3.05) is 13.2 Å². The molecule has 0 radical (unpaired) electrons.